The zero-order chi connectivity index (χ0) is 29.5. The maximum absolute atomic E-state index is 13.7. The fourth-order valence-electron chi connectivity index (χ4n) is 4.22. The van der Waals surface area contributed by atoms with E-state index in [2.05, 4.69) is 15.6 Å². The number of anilines is 2. The molecule has 9 heteroatoms. The van der Waals surface area contributed by atoms with E-state index in [1.165, 1.54) is 23.1 Å². The number of ether oxygens (including phenoxy) is 2. The molecule has 1 unspecified atom stereocenters. The third kappa shape index (κ3) is 6.99. The normalized spacial score (nSPS) is 11.4. The van der Waals surface area contributed by atoms with Crippen LogP contribution in [-0.2, 0) is 4.79 Å². The van der Waals surface area contributed by atoms with E-state index in [4.69, 9.17) is 9.47 Å². The van der Waals surface area contributed by atoms with Gasteiger partial charge in [0.05, 0.1) is 19.9 Å². The standard InChI is InChI=1S/C33H29N3O4S2/c1-21-12-14-23(15-13-21)31(37)34-25-10-7-11-26(19-25)42-30(22-8-5-4-6-9-22)32(38)36-33-35-27(20-41-33)24-16-17-28(39-2)29(18-24)40-3/h4-20,30H,1-3H3,(H,34,37)(H,35,36,38). The number of rotatable bonds is 10. The third-order valence-corrected chi connectivity index (χ3v) is 8.42. The Hall–Kier alpha value is -4.60. The highest BCUT2D eigenvalue weighted by Crippen LogP contribution is 2.38. The molecule has 42 heavy (non-hydrogen) atoms. The van der Waals surface area contributed by atoms with Crippen molar-refractivity contribution in [3.05, 3.63) is 119 Å². The summed E-state index contributed by atoms with van der Waals surface area (Å²) in [5, 5.41) is 7.78. The van der Waals surface area contributed by atoms with Gasteiger partial charge in [-0.05, 0) is 61.0 Å². The van der Waals surface area contributed by atoms with Gasteiger partial charge in [0.1, 0.15) is 5.25 Å². The van der Waals surface area contributed by atoms with Crippen molar-refractivity contribution in [2.75, 3.05) is 24.9 Å². The molecule has 212 valence electrons. The van der Waals surface area contributed by atoms with Gasteiger partial charge in [-0.1, -0.05) is 54.1 Å². The number of nitrogens with zero attached hydrogens (tertiary/aromatic N) is 1. The molecule has 0 radical (unpaired) electrons. The van der Waals surface area contributed by atoms with Crippen molar-refractivity contribution in [3.63, 3.8) is 0 Å². The predicted molar refractivity (Wildman–Crippen MR) is 170 cm³/mol. The molecule has 0 spiro atoms. The highest BCUT2D eigenvalue weighted by Gasteiger charge is 2.24. The van der Waals surface area contributed by atoms with E-state index in [0.717, 1.165) is 27.3 Å². The van der Waals surface area contributed by atoms with Crippen LogP contribution in [0.15, 0.2) is 107 Å². The topological polar surface area (TPSA) is 89.6 Å². The predicted octanol–water partition coefficient (Wildman–Crippen LogP) is 7.86. The first-order chi connectivity index (χ1) is 20.4. The van der Waals surface area contributed by atoms with E-state index in [0.29, 0.717) is 27.9 Å². The van der Waals surface area contributed by atoms with Crippen LogP contribution in [0, 0.1) is 6.92 Å². The molecule has 0 aliphatic heterocycles. The number of nitrogens with one attached hydrogen (secondary N) is 2. The molecule has 0 aliphatic carbocycles. The minimum atomic E-state index is -0.553. The van der Waals surface area contributed by atoms with Crippen LogP contribution in [0.2, 0.25) is 0 Å². The third-order valence-electron chi connectivity index (χ3n) is 6.41. The Morgan fingerprint density at radius 1 is 0.833 bits per heavy atom. The molecule has 2 N–H and O–H groups in total. The van der Waals surface area contributed by atoms with Crippen LogP contribution in [0.4, 0.5) is 10.8 Å². The molecule has 5 aromatic rings. The summed E-state index contributed by atoms with van der Waals surface area (Å²) in [4.78, 5) is 31.9. The number of aryl methyl sites for hydroxylation is 1. The van der Waals surface area contributed by atoms with Gasteiger partial charge in [0.25, 0.3) is 5.91 Å². The first-order valence-corrected chi connectivity index (χ1v) is 14.9. The summed E-state index contributed by atoms with van der Waals surface area (Å²) in [6, 6.07) is 30.1. The molecule has 1 atom stereocenters. The maximum Gasteiger partial charge on any atom is 0.255 e. The van der Waals surface area contributed by atoms with Crippen LogP contribution in [0.25, 0.3) is 11.3 Å². The summed E-state index contributed by atoms with van der Waals surface area (Å²) in [6.07, 6.45) is 0. The number of amides is 2. The zero-order valence-corrected chi connectivity index (χ0v) is 24.9. The summed E-state index contributed by atoms with van der Waals surface area (Å²) in [7, 11) is 3.18. The quantitative estimate of drug-likeness (QED) is 0.160. The lowest BCUT2D eigenvalue weighted by Crippen LogP contribution is -2.19. The van der Waals surface area contributed by atoms with Crippen molar-refractivity contribution >= 4 is 45.7 Å². The summed E-state index contributed by atoms with van der Waals surface area (Å²) < 4.78 is 10.7. The molecule has 5 rings (SSSR count). The van der Waals surface area contributed by atoms with E-state index in [9.17, 15) is 9.59 Å². The van der Waals surface area contributed by atoms with Gasteiger partial charge in [0, 0.05) is 27.1 Å². The van der Waals surface area contributed by atoms with Crippen molar-refractivity contribution in [1.29, 1.82) is 0 Å². The average Bonchev–Trinajstić information content (AvgIpc) is 3.48. The van der Waals surface area contributed by atoms with E-state index in [1.807, 2.05) is 97.2 Å². The van der Waals surface area contributed by atoms with Crippen LogP contribution < -0.4 is 20.1 Å². The maximum atomic E-state index is 13.7. The number of methoxy groups -OCH3 is 2. The van der Waals surface area contributed by atoms with Crippen LogP contribution in [-0.4, -0.2) is 31.0 Å². The van der Waals surface area contributed by atoms with Crippen molar-refractivity contribution in [1.82, 2.24) is 4.98 Å². The molecule has 0 saturated heterocycles. The number of thiazole rings is 1. The van der Waals surface area contributed by atoms with E-state index >= 15 is 0 Å². The highest BCUT2D eigenvalue weighted by molar-refractivity contribution is 8.00. The number of benzene rings is 4. The van der Waals surface area contributed by atoms with Gasteiger partial charge in [-0.3, -0.25) is 9.59 Å². The number of carbonyl (C=O) groups is 2. The van der Waals surface area contributed by atoms with Gasteiger partial charge in [0.15, 0.2) is 16.6 Å². The first kappa shape index (κ1) is 28.9. The molecular formula is C33H29N3O4S2. The van der Waals surface area contributed by atoms with Crippen molar-refractivity contribution < 1.29 is 19.1 Å². The van der Waals surface area contributed by atoms with Gasteiger partial charge in [0.2, 0.25) is 5.91 Å². The lowest BCUT2D eigenvalue weighted by molar-refractivity contribution is -0.115. The highest BCUT2D eigenvalue weighted by atomic mass is 32.2. The molecule has 1 aromatic heterocycles. The van der Waals surface area contributed by atoms with Gasteiger partial charge in [-0.2, -0.15) is 0 Å². The molecule has 0 bridgehead atoms. The molecule has 4 aromatic carbocycles. The minimum Gasteiger partial charge on any atom is -0.493 e. The van der Waals surface area contributed by atoms with Crippen molar-refractivity contribution in [3.8, 4) is 22.8 Å². The molecule has 2 amide bonds. The smallest absolute Gasteiger partial charge is 0.255 e. The van der Waals surface area contributed by atoms with Crippen LogP contribution in [0.3, 0.4) is 0 Å². The van der Waals surface area contributed by atoms with E-state index in [-0.39, 0.29) is 11.8 Å². The molecule has 0 aliphatic rings. The molecule has 1 heterocycles. The van der Waals surface area contributed by atoms with Crippen LogP contribution >= 0.6 is 23.1 Å². The summed E-state index contributed by atoms with van der Waals surface area (Å²) >= 11 is 2.75. The van der Waals surface area contributed by atoms with Gasteiger partial charge < -0.3 is 20.1 Å². The number of carbonyl (C=O) groups excluding carboxylic acids is 2. The van der Waals surface area contributed by atoms with E-state index < -0.39 is 5.25 Å². The second-order valence-corrected chi connectivity index (χ2v) is 11.4. The average molecular weight is 596 g/mol. The number of hydrogen-bond donors (Lipinski definition) is 2. The number of thioether (sulfide) groups is 1. The number of aromatic nitrogens is 1. The Morgan fingerprint density at radius 2 is 1.60 bits per heavy atom. The Bertz CT molecular complexity index is 1690. The molecule has 0 fully saturated rings. The van der Waals surface area contributed by atoms with Gasteiger partial charge in [-0.15, -0.1) is 23.1 Å². The molecule has 7 nitrogen and oxygen atoms in total. The Balaban J connectivity index is 1.33. The fourth-order valence-corrected chi connectivity index (χ4v) is 6.03. The first-order valence-electron chi connectivity index (χ1n) is 13.1. The summed E-state index contributed by atoms with van der Waals surface area (Å²) in [6.45, 7) is 1.98. The number of hydrogen-bond acceptors (Lipinski definition) is 7. The van der Waals surface area contributed by atoms with Crippen molar-refractivity contribution in [2.45, 2.75) is 17.1 Å². The van der Waals surface area contributed by atoms with Crippen LogP contribution in [0.1, 0.15) is 26.7 Å². The zero-order valence-electron chi connectivity index (χ0n) is 23.3. The van der Waals surface area contributed by atoms with Gasteiger partial charge in [-0.25, -0.2) is 4.98 Å². The van der Waals surface area contributed by atoms with E-state index in [1.54, 1.807) is 26.4 Å². The van der Waals surface area contributed by atoms with Crippen LogP contribution in [0.5, 0.6) is 11.5 Å². The second kappa shape index (κ2) is 13.4. The minimum absolute atomic E-state index is 0.191. The Morgan fingerprint density at radius 3 is 2.33 bits per heavy atom. The fraction of sp³-hybridized carbons (Fsp3) is 0.121. The summed E-state index contributed by atoms with van der Waals surface area (Å²) in [5.74, 6) is 0.843. The Kier molecular flexibility index (Phi) is 9.21. The monoisotopic (exact) mass is 595 g/mol. The SMILES string of the molecule is COc1ccc(-c2csc(NC(=O)C(Sc3cccc(NC(=O)c4ccc(C)cc4)c3)c3ccccc3)n2)cc1OC. The lowest BCUT2D eigenvalue weighted by Gasteiger charge is -2.17. The lowest BCUT2D eigenvalue weighted by atomic mass is 10.1. The van der Waals surface area contributed by atoms with Gasteiger partial charge >= 0.3 is 0 Å². The Labute approximate surface area is 252 Å². The second-order valence-electron chi connectivity index (χ2n) is 9.35. The molecular weight excluding hydrogens is 567 g/mol. The largest absolute Gasteiger partial charge is 0.493 e. The van der Waals surface area contributed by atoms with Crippen molar-refractivity contribution in [2.24, 2.45) is 0 Å². The molecule has 0 saturated carbocycles. The summed E-state index contributed by atoms with van der Waals surface area (Å²) in [5.41, 5.74) is 4.74.